The number of hydrogen-bond donors (Lipinski definition) is 1. The molecular weight excluding hydrogens is 366 g/mol. The highest BCUT2D eigenvalue weighted by atomic mass is 35.5. The highest BCUT2D eigenvalue weighted by Gasteiger charge is 2.47. The van der Waals surface area contributed by atoms with Gasteiger partial charge >= 0.3 is 0 Å². The molecule has 2 atom stereocenters. The van der Waals surface area contributed by atoms with E-state index in [1.807, 2.05) is 11.8 Å². The van der Waals surface area contributed by atoms with Crippen LogP contribution in [-0.2, 0) is 0 Å². The Kier molecular flexibility index (Phi) is 4.58. The summed E-state index contributed by atoms with van der Waals surface area (Å²) in [6, 6.07) is -0.235. The van der Waals surface area contributed by atoms with Crippen LogP contribution in [0.15, 0.2) is 6.20 Å². The summed E-state index contributed by atoms with van der Waals surface area (Å²) in [7, 11) is 0. The smallest absolute Gasteiger partial charge is 0.225 e. The van der Waals surface area contributed by atoms with Crippen molar-refractivity contribution < 1.29 is 9.50 Å². The van der Waals surface area contributed by atoms with Gasteiger partial charge < -0.3 is 10.0 Å². The van der Waals surface area contributed by atoms with Crippen molar-refractivity contribution in [2.45, 2.75) is 52.2 Å². The molecule has 0 radical (unpaired) electrons. The molecule has 3 rings (SSSR count). The summed E-state index contributed by atoms with van der Waals surface area (Å²) in [4.78, 5) is 14.2. The number of pyridine rings is 1. The first kappa shape index (κ1) is 18.5. The maximum Gasteiger partial charge on any atom is 0.225 e. The molecule has 8 heteroatoms. The third-order valence-electron chi connectivity index (χ3n) is 4.67. The molecule has 0 aromatic carbocycles. The first-order valence-electron chi connectivity index (χ1n) is 8.18. The lowest BCUT2D eigenvalue weighted by atomic mass is 9.72. The lowest BCUT2D eigenvalue weighted by molar-refractivity contribution is -0.0290. The van der Waals surface area contributed by atoms with Crippen molar-refractivity contribution in [3.8, 4) is 0 Å². The van der Waals surface area contributed by atoms with E-state index in [0.29, 0.717) is 24.2 Å². The monoisotopic (exact) mass is 386 g/mol. The minimum absolute atomic E-state index is 0.0351. The predicted octanol–water partition coefficient (Wildman–Crippen LogP) is 4.24. The molecule has 0 spiro atoms. The summed E-state index contributed by atoms with van der Waals surface area (Å²) in [6.45, 7) is 8.68. The maximum absolute atomic E-state index is 14.4. The molecule has 1 N–H and O–H groups in total. The van der Waals surface area contributed by atoms with Gasteiger partial charge in [0.25, 0.3) is 0 Å². The van der Waals surface area contributed by atoms with Crippen LogP contribution < -0.4 is 4.90 Å². The normalized spacial score (nSPS) is 24.8. The van der Waals surface area contributed by atoms with Crippen molar-refractivity contribution in [3.63, 3.8) is 0 Å². The largest absolute Gasteiger partial charge is 0.388 e. The highest BCUT2D eigenvalue weighted by molar-refractivity contribution is 6.30. The summed E-state index contributed by atoms with van der Waals surface area (Å²) in [5, 5.41) is 11.1. The van der Waals surface area contributed by atoms with E-state index in [2.05, 4.69) is 35.7 Å². The molecule has 3 heterocycles. The lowest BCUT2D eigenvalue weighted by Gasteiger charge is -2.52. The zero-order valence-corrected chi connectivity index (χ0v) is 16.2. The van der Waals surface area contributed by atoms with Gasteiger partial charge in [-0.1, -0.05) is 32.4 Å². The standard InChI is InChI=1S/C17H21Cl2FN4O/c1-16(2,3)14-17(4,25)6-5-7-24(14)13-9-8-21-12(18)10(20)11(9)22-15(19)23-13/h8,14,25H,5-7H2,1-4H3. The quantitative estimate of drug-likeness (QED) is 0.586. The van der Waals surface area contributed by atoms with Crippen molar-refractivity contribution in [2.75, 3.05) is 11.4 Å². The number of anilines is 1. The zero-order chi connectivity index (χ0) is 18.6. The van der Waals surface area contributed by atoms with Gasteiger partial charge in [-0.15, -0.1) is 0 Å². The summed E-state index contributed by atoms with van der Waals surface area (Å²) in [6.07, 6.45) is 2.92. The average Bonchev–Trinajstić information content (AvgIpc) is 2.48. The maximum atomic E-state index is 14.4. The Morgan fingerprint density at radius 1 is 1.32 bits per heavy atom. The van der Waals surface area contributed by atoms with Gasteiger partial charge in [-0.3, -0.25) is 0 Å². The van der Waals surface area contributed by atoms with Crippen LogP contribution >= 0.6 is 23.2 Å². The van der Waals surface area contributed by atoms with E-state index in [-0.39, 0.29) is 27.4 Å². The summed E-state index contributed by atoms with van der Waals surface area (Å²) in [5.41, 5.74) is -1.13. The number of rotatable bonds is 1. The van der Waals surface area contributed by atoms with Crippen LogP contribution in [0.1, 0.15) is 40.5 Å². The van der Waals surface area contributed by atoms with Gasteiger partial charge in [-0.05, 0) is 36.8 Å². The van der Waals surface area contributed by atoms with Crippen LogP contribution in [0.5, 0.6) is 0 Å². The molecule has 2 aromatic heterocycles. The van der Waals surface area contributed by atoms with E-state index < -0.39 is 11.4 Å². The number of hydrogen-bond acceptors (Lipinski definition) is 5. The Bertz CT molecular complexity index is 822. The lowest BCUT2D eigenvalue weighted by Crippen LogP contribution is -2.61. The SMILES string of the molecule is CC(C)(C)C1N(c2nc(Cl)nc3c(F)c(Cl)ncc23)CCCC1(C)O. The van der Waals surface area contributed by atoms with Gasteiger partial charge in [0.05, 0.1) is 17.0 Å². The molecule has 0 saturated carbocycles. The van der Waals surface area contributed by atoms with Gasteiger partial charge in [0.15, 0.2) is 11.0 Å². The second-order valence-electron chi connectivity index (χ2n) is 7.86. The second-order valence-corrected chi connectivity index (χ2v) is 8.56. The molecule has 1 saturated heterocycles. The summed E-state index contributed by atoms with van der Waals surface area (Å²) < 4.78 is 14.4. The molecule has 0 amide bonds. The van der Waals surface area contributed by atoms with Gasteiger partial charge in [0.1, 0.15) is 11.3 Å². The number of fused-ring (bicyclic) bond motifs is 1. The number of aromatic nitrogens is 3. The Labute approximate surface area is 156 Å². The van der Waals surface area contributed by atoms with Crippen molar-refractivity contribution in [1.82, 2.24) is 15.0 Å². The van der Waals surface area contributed by atoms with Crippen LogP contribution in [0.3, 0.4) is 0 Å². The third kappa shape index (κ3) is 3.27. The first-order chi connectivity index (χ1) is 11.5. The van der Waals surface area contributed by atoms with E-state index in [9.17, 15) is 9.50 Å². The van der Waals surface area contributed by atoms with Gasteiger partial charge in [-0.25, -0.2) is 14.4 Å². The molecule has 2 aromatic rings. The number of aliphatic hydroxyl groups is 1. The average molecular weight is 387 g/mol. The highest BCUT2D eigenvalue weighted by Crippen LogP contribution is 2.42. The predicted molar refractivity (Wildman–Crippen MR) is 97.8 cm³/mol. The van der Waals surface area contributed by atoms with Crippen LogP contribution in [0.2, 0.25) is 10.4 Å². The summed E-state index contributed by atoms with van der Waals surface area (Å²) >= 11 is 11.8. The first-order valence-corrected chi connectivity index (χ1v) is 8.94. The molecule has 2 unspecified atom stereocenters. The van der Waals surface area contributed by atoms with E-state index in [1.165, 1.54) is 6.20 Å². The molecule has 1 fully saturated rings. The fourth-order valence-corrected chi connectivity index (χ4v) is 4.35. The third-order valence-corrected chi connectivity index (χ3v) is 5.10. The molecule has 5 nitrogen and oxygen atoms in total. The minimum atomic E-state index is -0.918. The fourth-order valence-electron chi connectivity index (χ4n) is 4.05. The van der Waals surface area contributed by atoms with Gasteiger partial charge in [0.2, 0.25) is 5.28 Å². The molecular formula is C17H21Cl2FN4O. The van der Waals surface area contributed by atoms with Crippen molar-refractivity contribution in [3.05, 3.63) is 22.5 Å². The van der Waals surface area contributed by atoms with Crippen LogP contribution in [0.4, 0.5) is 10.2 Å². The molecule has 0 aliphatic carbocycles. The number of halogens is 3. The zero-order valence-electron chi connectivity index (χ0n) is 14.6. The fraction of sp³-hybridized carbons (Fsp3) is 0.588. The van der Waals surface area contributed by atoms with Crippen molar-refractivity contribution >= 4 is 39.9 Å². The van der Waals surface area contributed by atoms with Crippen LogP contribution in [0, 0.1) is 11.2 Å². The van der Waals surface area contributed by atoms with E-state index in [4.69, 9.17) is 23.2 Å². The van der Waals surface area contributed by atoms with E-state index in [0.717, 1.165) is 6.42 Å². The van der Waals surface area contributed by atoms with E-state index in [1.54, 1.807) is 0 Å². The molecule has 136 valence electrons. The Morgan fingerprint density at radius 2 is 2.00 bits per heavy atom. The second kappa shape index (κ2) is 6.18. The Hall–Kier alpha value is -1.24. The molecule has 25 heavy (non-hydrogen) atoms. The molecule has 0 bridgehead atoms. The Morgan fingerprint density at radius 3 is 2.64 bits per heavy atom. The topological polar surface area (TPSA) is 62.1 Å². The minimum Gasteiger partial charge on any atom is -0.388 e. The summed E-state index contributed by atoms with van der Waals surface area (Å²) in [5.74, 6) is -0.251. The van der Waals surface area contributed by atoms with Gasteiger partial charge in [0, 0.05) is 12.7 Å². The van der Waals surface area contributed by atoms with E-state index >= 15 is 0 Å². The van der Waals surface area contributed by atoms with Gasteiger partial charge in [-0.2, -0.15) is 4.98 Å². The van der Waals surface area contributed by atoms with Crippen molar-refractivity contribution in [1.29, 1.82) is 0 Å². The number of nitrogens with zero attached hydrogens (tertiary/aromatic N) is 4. The van der Waals surface area contributed by atoms with Crippen LogP contribution in [-0.4, -0.2) is 38.2 Å². The number of piperidine rings is 1. The van der Waals surface area contributed by atoms with Crippen LogP contribution in [0.25, 0.3) is 10.9 Å². The van der Waals surface area contributed by atoms with Crippen molar-refractivity contribution in [2.24, 2.45) is 5.41 Å². The Balaban J connectivity index is 2.25. The molecule has 1 aliphatic rings. The molecule has 1 aliphatic heterocycles.